The lowest BCUT2D eigenvalue weighted by molar-refractivity contribution is 0.212. The summed E-state index contributed by atoms with van der Waals surface area (Å²) < 4.78 is 0. The molecule has 0 amide bonds. The van der Waals surface area contributed by atoms with Crippen LogP contribution in [-0.4, -0.2) is 30.0 Å². The summed E-state index contributed by atoms with van der Waals surface area (Å²) in [5.74, 6) is 0.927. The van der Waals surface area contributed by atoms with Crippen LogP contribution in [0.4, 0.5) is 0 Å². The molecule has 0 saturated carbocycles. The summed E-state index contributed by atoms with van der Waals surface area (Å²) in [4.78, 5) is 6.78. The summed E-state index contributed by atoms with van der Waals surface area (Å²) in [6.45, 7) is 4.66. The van der Waals surface area contributed by atoms with E-state index in [9.17, 15) is 0 Å². The second-order valence-electron chi connectivity index (χ2n) is 5.03. The smallest absolute Gasteiger partial charge is 0.0404 e. The summed E-state index contributed by atoms with van der Waals surface area (Å²) >= 11 is 0. The number of aromatic nitrogens is 1. The maximum atomic E-state index is 4.35. The van der Waals surface area contributed by atoms with E-state index in [4.69, 9.17) is 0 Å². The van der Waals surface area contributed by atoms with Gasteiger partial charge in [-0.3, -0.25) is 4.98 Å². The molecule has 0 spiro atoms. The lowest BCUT2D eigenvalue weighted by Crippen LogP contribution is -2.30. The normalized spacial score (nSPS) is 18.9. The number of aryl methyl sites for hydroxylation is 2. The van der Waals surface area contributed by atoms with Crippen molar-refractivity contribution >= 4 is 0 Å². The van der Waals surface area contributed by atoms with Gasteiger partial charge < -0.3 is 4.90 Å². The third-order valence-electron chi connectivity index (χ3n) is 3.78. The number of rotatable bonds is 3. The molecule has 1 aromatic rings. The summed E-state index contributed by atoms with van der Waals surface area (Å²) in [7, 11) is 2.22. The SMILES string of the molecule is Cc1ncccc1CCC1CCN(C)CC1. The molecular formula is C14H22N2. The highest BCUT2D eigenvalue weighted by Crippen LogP contribution is 2.21. The third kappa shape index (κ3) is 3.05. The van der Waals surface area contributed by atoms with Crippen molar-refractivity contribution in [2.45, 2.75) is 32.6 Å². The molecule has 0 bridgehead atoms. The number of piperidine rings is 1. The van der Waals surface area contributed by atoms with Crippen LogP contribution in [0.15, 0.2) is 18.3 Å². The molecule has 0 radical (unpaired) electrons. The van der Waals surface area contributed by atoms with Crippen LogP contribution in [-0.2, 0) is 6.42 Å². The van der Waals surface area contributed by atoms with Crippen LogP contribution in [0.5, 0.6) is 0 Å². The van der Waals surface area contributed by atoms with Crippen LogP contribution in [0.1, 0.15) is 30.5 Å². The number of nitrogens with zero attached hydrogens (tertiary/aromatic N) is 2. The average Bonchev–Trinajstić information content (AvgIpc) is 2.30. The van der Waals surface area contributed by atoms with E-state index in [2.05, 4.69) is 36.0 Å². The van der Waals surface area contributed by atoms with Gasteiger partial charge in [-0.1, -0.05) is 6.07 Å². The second-order valence-corrected chi connectivity index (χ2v) is 5.03. The van der Waals surface area contributed by atoms with Gasteiger partial charge in [0, 0.05) is 11.9 Å². The van der Waals surface area contributed by atoms with Crippen molar-refractivity contribution in [2.75, 3.05) is 20.1 Å². The zero-order valence-electron chi connectivity index (χ0n) is 10.4. The Morgan fingerprint density at radius 2 is 2.12 bits per heavy atom. The van der Waals surface area contributed by atoms with Crippen LogP contribution in [0.3, 0.4) is 0 Å². The highest BCUT2D eigenvalue weighted by Gasteiger charge is 2.16. The monoisotopic (exact) mass is 218 g/mol. The molecule has 1 aromatic heterocycles. The predicted octanol–water partition coefficient (Wildman–Crippen LogP) is 2.66. The van der Waals surface area contributed by atoms with Gasteiger partial charge in [-0.15, -0.1) is 0 Å². The van der Waals surface area contributed by atoms with Gasteiger partial charge in [-0.05, 0) is 70.3 Å². The molecule has 2 rings (SSSR count). The standard InChI is InChI=1S/C14H22N2/c1-12-14(4-3-9-15-12)6-5-13-7-10-16(2)11-8-13/h3-4,9,13H,5-8,10-11H2,1-2H3. The van der Waals surface area contributed by atoms with Crippen molar-refractivity contribution < 1.29 is 0 Å². The Morgan fingerprint density at radius 1 is 1.38 bits per heavy atom. The van der Waals surface area contributed by atoms with E-state index >= 15 is 0 Å². The van der Waals surface area contributed by atoms with Crippen molar-refractivity contribution in [3.8, 4) is 0 Å². The van der Waals surface area contributed by atoms with Crippen LogP contribution in [0.2, 0.25) is 0 Å². The van der Waals surface area contributed by atoms with Crippen LogP contribution in [0, 0.1) is 12.8 Å². The Balaban J connectivity index is 1.81. The minimum Gasteiger partial charge on any atom is -0.306 e. The molecule has 2 heteroatoms. The molecule has 2 heterocycles. The fraction of sp³-hybridized carbons (Fsp3) is 0.643. The Morgan fingerprint density at radius 3 is 2.81 bits per heavy atom. The van der Waals surface area contributed by atoms with Gasteiger partial charge in [0.25, 0.3) is 0 Å². The van der Waals surface area contributed by atoms with E-state index in [0.717, 1.165) is 5.92 Å². The third-order valence-corrected chi connectivity index (χ3v) is 3.78. The van der Waals surface area contributed by atoms with E-state index in [0.29, 0.717) is 0 Å². The molecule has 1 fully saturated rings. The topological polar surface area (TPSA) is 16.1 Å². The molecule has 0 unspecified atom stereocenters. The molecule has 1 saturated heterocycles. The minimum absolute atomic E-state index is 0.927. The fourth-order valence-corrected chi connectivity index (χ4v) is 2.49. The molecule has 0 atom stereocenters. The maximum absolute atomic E-state index is 4.35. The molecule has 16 heavy (non-hydrogen) atoms. The lowest BCUT2D eigenvalue weighted by atomic mass is 9.90. The van der Waals surface area contributed by atoms with Gasteiger partial charge in [0.2, 0.25) is 0 Å². The largest absolute Gasteiger partial charge is 0.306 e. The number of likely N-dealkylation sites (tertiary alicyclic amines) is 1. The van der Waals surface area contributed by atoms with Gasteiger partial charge in [0.15, 0.2) is 0 Å². The van der Waals surface area contributed by atoms with Crippen LogP contribution in [0.25, 0.3) is 0 Å². The van der Waals surface area contributed by atoms with Crippen molar-refractivity contribution in [2.24, 2.45) is 5.92 Å². The zero-order valence-corrected chi connectivity index (χ0v) is 10.4. The molecule has 2 nitrogen and oxygen atoms in total. The summed E-state index contributed by atoms with van der Waals surface area (Å²) in [6, 6.07) is 4.27. The number of pyridine rings is 1. The number of hydrogen-bond donors (Lipinski definition) is 0. The Bertz CT molecular complexity index is 327. The van der Waals surface area contributed by atoms with E-state index in [1.807, 2.05) is 6.20 Å². The fourth-order valence-electron chi connectivity index (χ4n) is 2.49. The first kappa shape index (κ1) is 11.6. The first-order valence-electron chi connectivity index (χ1n) is 6.35. The van der Waals surface area contributed by atoms with Crippen molar-refractivity contribution in [1.82, 2.24) is 9.88 Å². The molecule has 1 aliphatic rings. The Labute approximate surface area is 98.7 Å². The zero-order chi connectivity index (χ0) is 11.4. The van der Waals surface area contributed by atoms with Gasteiger partial charge in [0.05, 0.1) is 0 Å². The summed E-state index contributed by atoms with van der Waals surface area (Å²) in [6.07, 6.45) is 7.16. The van der Waals surface area contributed by atoms with Crippen molar-refractivity contribution in [3.05, 3.63) is 29.6 Å². The van der Waals surface area contributed by atoms with Gasteiger partial charge in [0.1, 0.15) is 0 Å². The van der Waals surface area contributed by atoms with Gasteiger partial charge >= 0.3 is 0 Å². The van der Waals surface area contributed by atoms with Gasteiger partial charge in [-0.2, -0.15) is 0 Å². The number of hydrogen-bond acceptors (Lipinski definition) is 2. The van der Waals surface area contributed by atoms with Crippen LogP contribution >= 0.6 is 0 Å². The Kier molecular flexibility index (Phi) is 3.94. The Hall–Kier alpha value is -0.890. The molecule has 1 aliphatic heterocycles. The van der Waals surface area contributed by atoms with E-state index in [-0.39, 0.29) is 0 Å². The average molecular weight is 218 g/mol. The highest BCUT2D eigenvalue weighted by atomic mass is 15.1. The van der Waals surface area contributed by atoms with Crippen molar-refractivity contribution in [1.29, 1.82) is 0 Å². The first-order chi connectivity index (χ1) is 7.75. The van der Waals surface area contributed by atoms with E-state index < -0.39 is 0 Å². The minimum atomic E-state index is 0.927. The van der Waals surface area contributed by atoms with Gasteiger partial charge in [-0.25, -0.2) is 0 Å². The van der Waals surface area contributed by atoms with E-state index in [1.165, 1.54) is 50.0 Å². The maximum Gasteiger partial charge on any atom is 0.0404 e. The highest BCUT2D eigenvalue weighted by molar-refractivity contribution is 5.18. The molecule has 0 aromatic carbocycles. The van der Waals surface area contributed by atoms with Crippen molar-refractivity contribution in [3.63, 3.8) is 0 Å². The molecule has 0 aliphatic carbocycles. The summed E-state index contributed by atoms with van der Waals surface area (Å²) in [5.41, 5.74) is 2.64. The van der Waals surface area contributed by atoms with Crippen LogP contribution < -0.4 is 0 Å². The summed E-state index contributed by atoms with van der Waals surface area (Å²) in [5, 5.41) is 0. The lowest BCUT2D eigenvalue weighted by Gasteiger charge is -2.28. The first-order valence-corrected chi connectivity index (χ1v) is 6.35. The molecule has 88 valence electrons. The molecular weight excluding hydrogens is 196 g/mol. The second kappa shape index (κ2) is 5.44. The van der Waals surface area contributed by atoms with E-state index in [1.54, 1.807) is 0 Å². The quantitative estimate of drug-likeness (QED) is 0.775. The molecule has 0 N–H and O–H groups in total. The predicted molar refractivity (Wildman–Crippen MR) is 67.5 cm³/mol.